The van der Waals surface area contributed by atoms with Gasteiger partial charge in [-0.3, -0.25) is 0 Å². The van der Waals surface area contributed by atoms with E-state index in [1.54, 1.807) is 4.68 Å². The third kappa shape index (κ3) is 3.21. The number of carbonyl (C=O) groups is 1. The lowest BCUT2D eigenvalue weighted by molar-refractivity contribution is 0.0687. The highest BCUT2D eigenvalue weighted by Crippen LogP contribution is 2.38. The number of rotatable bonds is 6. The van der Waals surface area contributed by atoms with Crippen LogP contribution in [0.3, 0.4) is 0 Å². The minimum Gasteiger partial charge on any atom is -0.493 e. The molecule has 1 fully saturated rings. The normalized spacial score (nSPS) is 14.7. The lowest BCUT2D eigenvalue weighted by atomic mass is 9.82. The first-order valence-corrected chi connectivity index (χ1v) is 7.98. The van der Waals surface area contributed by atoms with Crippen molar-refractivity contribution in [3.05, 3.63) is 35.7 Å². The van der Waals surface area contributed by atoms with E-state index in [9.17, 15) is 9.90 Å². The molecule has 0 aliphatic heterocycles. The van der Waals surface area contributed by atoms with Gasteiger partial charge in [0.2, 0.25) is 0 Å². The van der Waals surface area contributed by atoms with Gasteiger partial charge in [-0.05, 0) is 43.0 Å². The van der Waals surface area contributed by atoms with Crippen molar-refractivity contribution in [3.8, 4) is 11.4 Å². The van der Waals surface area contributed by atoms with Crippen LogP contribution in [0.1, 0.15) is 55.2 Å². The third-order valence-corrected chi connectivity index (χ3v) is 4.06. The highest BCUT2D eigenvalue weighted by molar-refractivity contribution is 5.86. The van der Waals surface area contributed by atoms with Gasteiger partial charge in [0, 0.05) is 5.92 Å². The monoisotopic (exact) mass is 315 g/mol. The SMILES string of the molecule is CC(C)COc1ccc(-n2nnc(C(=O)O)c2C2CCC2)cc1. The van der Waals surface area contributed by atoms with Crippen molar-refractivity contribution in [1.82, 2.24) is 15.0 Å². The number of aromatic carboxylic acids is 1. The quantitative estimate of drug-likeness (QED) is 0.885. The van der Waals surface area contributed by atoms with Crippen molar-refractivity contribution < 1.29 is 14.6 Å². The van der Waals surface area contributed by atoms with Gasteiger partial charge >= 0.3 is 5.97 Å². The van der Waals surface area contributed by atoms with E-state index in [-0.39, 0.29) is 11.6 Å². The topological polar surface area (TPSA) is 77.2 Å². The molecule has 122 valence electrons. The van der Waals surface area contributed by atoms with Crippen LogP contribution in [0, 0.1) is 5.92 Å². The molecule has 0 bridgehead atoms. The van der Waals surface area contributed by atoms with E-state index in [2.05, 4.69) is 24.2 Å². The Kier molecular flexibility index (Phi) is 4.32. The number of aromatic nitrogens is 3. The van der Waals surface area contributed by atoms with Crippen LogP contribution in [-0.4, -0.2) is 32.7 Å². The zero-order valence-electron chi connectivity index (χ0n) is 13.4. The Labute approximate surface area is 135 Å². The fourth-order valence-corrected chi connectivity index (χ4v) is 2.63. The average Bonchev–Trinajstić information content (AvgIpc) is 2.88. The number of hydrogen-bond acceptors (Lipinski definition) is 4. The van der Waals surface area contributed by atoms with Crippen LogP contribution >= 0.6 is 0 Å². The molecule has 1 heterocycles. The van der Waals surface area contributed by atoms with Gasteiger partial charge in [0.1, 0.15) is 5.75 Å². The molecule has 1 saturated carbocycles. The number of ether oxygens (including phenoxy) is 1. The molecule has 6 heteroatoms. The summed E-state index contributed by atoms with van der Waals surface area (Å²) in [6.07, 6.45) is 3.10. The van der Waals surface area contributed by atoms with Gasteiger partial charge in [-0.25, -0.2) is 9.48 Å². The fourth-order valence-electron chi connectivity index (χ4n) is 2.63. The summed E-state index contributed by atoms with van der Waals surface area (Å²) in [5.74, 6) is 0.475. The molecule has 0 amide bonds. The molecular formula is C17H21N3O3. The summed E-state index contributed by atoms with van der Waals surface area (Å²) in [6.45, 7) is 4.86. The van der Waals surface area contributed by atoms with Crippen molar-refractivity contribution >= 4 is 5.97 Å². The predicted octanol–water partition coefficient (Wildman–Crippen LogP) is 3.27. The molecule has 1 aromatic heterocycles. The van der Waals surface area contributed by atoms with Crippen molar-refractivity contribution in [3.63, 3.8) is 0 Å². The van der Waals surface area contributed by atoms with Crippen molar-refractivity contribution in [2.75, 3.05) is 6.61 Å². The van der Waals surface area contributed by atoms with Crippen molar-refractivity contribution in [2.24, 2.45) is 5.92 Å². The maximum atomic E-state index is 11.4. The summed E-state index contributed by atoms with van der Waals surface area (Å²) in [6, 6.07) is 7.53. The first-order valence-electron chi connectivity index (χ1n) is 7.98. The molecule has 0 radical (unpaired) electrons. The summed E-state index contributed by atoms with van der Waals surface area (Å²) in [4.78, 5) is 11.4. The van der Waals surface area contributed by atoms with E-state index >= 15 is 0 Å². The van der Waals surface area contributed by atoms with Gasteiger partial charge in [-0.15, -0.1) is 5.10 Å². The Hall–Kier alpha value is -2.37. The van der Waals surface area contributed by atoms with E-state index in [1.165, 1.54) is 0 Å². The first kappa shape index (κ1) is 15.5. The molecular weight excluding hydrogens is 294 g/mol. The summed E-state index contributed by atoms with van der Waals surface area (Å²) in [5.41, 5.74) is 1.58. The standard InChI is InChI=1S/C17H21N3O3/c1-11(2)10-23-14-8-6-13(7-9-14)20-16(12-4-3-5-12)15(17(21)22)18-19-20/h6-9,11-12H,3-5,10H2,1-2H3,(H,21,22). The smallest absolute Gasteiger partial charge is 0.358 e. The van der Waals surface area contributed by atoms with Gasteiger partial charge in [0.25, 0.3) is 0 Å². The minimum absolute atomic E-state index is 0.0647. The van der Waals surface area contributed by atoms with Gasteiger partial charge in [0.15, 0.2) is 5.69 Å². The lowest BCUT2D eigenvalue weighted by Gasteiger charge is -2.26. The maximum Gasteiger partial charge on any atom is 0.358 e. The Morgan fingerprint density at radius 3 is 2.57 bits per heavy atom. The Morgan fingerprint density at radius 1 is 1.35 bits per heavy atom. The zero-order chi connectivity index (χ0) is 16.4. The maximum absolute atomic E-state index is 11.4. The van der Waals surface area contributed by atoms with Crippen LogP contribution in [0.2, 0.25) is 0 Å². The van der Waals surface area contributed by atoms with Crippen molar-refractivity contribution in [2.45, 2.75) is 39.0 Å². The van der Waals surface area contributed by atoms with Crippen LogP contribution < -0.4 is 4.74 Å². The summed E-state index contributed by atoms with van der Waals surface area (Å²) in [5, 5.41) is 17.2. The molecule has 3 rings (SSSR count). The Morgan fingerprint density at radius 2 is 2.04 bits per heavy atom. The van der Waals surface area contributed by atoms with Crippen LogP contribution in [0.4, 0.5) is 0 Å². The van der Waals surface area contributed by atoms with Gasteiger partial charge in [-0.1, -0.05) is 25.5 Å². The molecule has 1 N–H and O–H groups in total. The van der Waals surface area contributed by atoms with E-state index in [0.717, 1.165) is 30.7 Å². The first-order chi connectivity index (χ1) is 11.1. The fraction of sp³-hybridized carbons (Fsp3) is 0.471. The van der Waals surface area contributed by atoms with E-state index in [4.69, 9.17) is 4.74 Å². The molecule has 6 nitrogen and oxygen atoms in total. The van der Waals surface area contributed by atoms with Gasteiger partial charge < -0.3 is 9.84 Å². The van der Waals surface area contributed by atoms with E-state index in [1.807, 2.05) is 24.3 Å². The van der Waals surface area contributed by atoms with Gasteiger partial charge in [-0.2, -0.15) is 0 Å². The molecule has 1 aliphatic rings. The second-order valence-corrected chi connectivity index (χ2v) is 6.37. The molecule has 1 aliphatic carbocycles. The third-order valence-electron chi connectivity index (χ3n) is 4.06. The molecule has 0 spiro atoms. The molecule has 23 heavy (non-hydrogen) atoms. The molecule has 0 atom stereocenters. The molecule has 2 aromatic rings. The highest BCUT2D eigenvalue weighted by Gasteiger charge is 2.30. The van der Waals surface area contributed by atoms with Crippen LogP contribution in [0.15, 0.2) is 24.3 Å². The number of carboxylic acid groups (broad SMARTS) is 1. The predicted molar refractivity (Wildman–Crippen MR) is 85.2 cm³/mol. The van der Waals surface area contributed by atoms with Gasteiger partial charge in [0.05, 0.1) is 18.0 Å². The number of benzene rings is 1. The average molecular weight is 315 g/mol. The second-order valence-electron chi connectivity index (χ2n) is 6.37. The summed E-state index contributed by atoms with van der Waals surface area (Å²) >= 11 is 0. The molecule has 0 unspecified atom stereocenters. The zero-order valence-corrected chi connectivity index (χ0v) is 13.4. The summed E-state index contributed by atoms with van der Waals surface area (Å²) in [7, 11) is 0. The highest BCUT2D eigenvalue weighted by atomic mass is 16.5. The Balaban J connectivity index is 1.88. The Bertz CT molecular complexity index is 688. The number of carboxylic acids is 1. The number of nitrogens with zero attached hydrogens (tertiary/aromatic N) is 3. The second kappa shape index (κ2) is 6.40. The molecule has 1 aromatic carbocycles. The van der Waals surface area contributed by atoms with Crippen LogP contribution in [0.5, 0.6) is 5.75 Å². The van der Waals surface area contributed by atoms with Crippen molar-refractivity contribution in [1.29, 1.82) is 0 Å². The van der Waals surface area contributed by atoms with Crippen LogP contribution in [-0.2, 0) is 0 Å². The van der Waals surface area contributed by atoms with E-state index in [0.29, 0.717) is 18.2 Å². The summed E-state index contributed by atoms with van der Waals surface area (Å²) < 4.78 is 7.32. The largest absolute Gasteiger partial charge is 0.493 e. The molecule has 0 saturated heterocycles. The number of hydrogen-bond donors (Lipinski definition) is 1. The lowest BCUT2D eigenvalue weighted by Crippen LogP contribution is -2.17. The van der Waals surface area contributed by atoms with Crippen LogP contribution in [0.25, 0.3) is 5.69 Å². The van der Waals surface area contributed by atoms with E-state index < -0.39 is 5.97 Å². The minimum atomic E-state index is -1.02.